The lowest BCUT2D eigenvalue weighted by Gasteiger charge is -1.91. The summed E-state index contributed by atoms with van der Waals surface area (Å²) in [5.74, 6) is -1.16. The molecule has 5 heteroatoms. The second kappa shape index (κ2) is 4.57. The second-order valence-electron chi connectivity index (χ2n) is 2.45. The van der Waals surface area contributed by atoms with E-state index in [0.717, 1.165) is 11.0 Å². The van der Waals surface area contributed by atoms with Gasteiger partial charge in [-0.2, -0.15) is 0 Å². The van der Waals surface area contributed by atoms with Crippen LogP contribution >= 0.6 is 11.3 Å². The number of hydrogen-bond donors (Lipinski definition) is 2. The van der Waals surface area contributed by atoms with Gasteiger partial charge in [0, 0.05) is 18.0 Å². The van der Waals surface area contributed by atoms with Gasteiger partial charge in [-0.05, 0) is 18.2 Å². The van der Waals surface area contributed by atoms with Crippen molar-refractivity contribution in [3.8, 4) is 0 Å². The number of amides is 1. The molecule has 2 N–H and O–H groups in total. The van der Waals surface area contributed by atoms with Crippen LogP contribution in [0.5, 0.6) is 0 Å². The number of rotatable bonds is 3. The van der Waals surface area contributed by atoms with Gasteiger partial charge < -0.3 is 10.4 Å². The van der Waals surface area contributed by atoms with Gasteiger partial charge in [0.25, 0.3) is 5.91 Å². The molecule has 1 aromatic heterocycles. The molecule has 1 rings (SSSR count). The van der Waals surface area contributed by atoms with Crippen molar-refractivity contribution in [1.29, 1.82) is 0 Å². The Kier molecular flexibility index (Phi) is 3.41. The average Bonchev–Trinajstić information content (AvgIpc) is 2.62. The average molecular weight is 211 g/mol. The maximum Gasteiger partial charge on any atom is 0.328 e. The topological polar surface area (TPSA) is 66.4 Å². The third kappa shape index (κ3) is 2.70. The number of carboxylic acid groups (broad SMARTS) is 1. The van der Waals surface area contributed by atoms with E-state index in [1.54, 1.807) is 19.2 Å². The maximum atomic E-state index is 11.1. The largest absolute Gasteiger partial charge is 0.478 e. The first kappa shape index (κ1) is 10.5. The summed E-state index contributed by atoms with van der Waals surface area (Å²) >= 11 is 1.25. The zero-order valence-electron chi connectivity index (χ0n) is 7.48. The lowest BCUT2D eigenvalue weighted by Crippen LogP contribution is -2.15. The Hall–Kier alpha value is -1.62. The van der Waals surface area contributed by atoms with Crippen molar-refractivity contribution < 1.29 is 14.7 Å². The van der Waals surface area contributed by atoms with Crippen LogP contribution in [0, 0.1) is 0 Å². The number of aliphatic carboxylic acids is 1. The monoisotopic (exact) mass is 211 g/mol. The summed E-state index contributed by atoms with van der Waals surface area (Å²) in [6.45, 7) is 0. The van der Waals surface area contributed by atoms with E-state index in [9.17, 15) is 9.59 Å². The minimum absolute atomic E-state index is 0.162. The van der Waals surface area contributed by atoms with E-state index in [-0.39, 0.29) is 5.91 Å². The highest BCUT2D eigenvalue weighted by atomic mass is 32.1. The third-order valence-corrected chi connectivity index (χ3v) is 2.52. The van der Waals surface area contributed by atoms with Gasteiger partial charge in [0.1, 0.15) is 0 Å². The molecule has 0 unspecified atom stereocenters. The molecule has 1 aromatic rings. The molecule has 0 fully saturated rings. The van der Waals surface area contributed by atoms with Crippen LogP contribution in [0.2, 0.25) is 0 Å². The van der Waals surface area contributed by atoms with Crippen LogP contribution in [0.4, 0.5) is 0 Å². The summed E-state index contributed by atoms with van der Waals surface area (Å²) in [5.41, 5.74) is 0. The van der Waals surface area contributed by atoms with Crippen molar-refractivity contribution in [2.24, 2.45) is 0 Å². The van der Waals surface area contributed by atoms with Crippen molar-refractivity contribution in [1.82, 2.24) is 5.32 Å². The Morgan fingerprint density at radius 3 is 2.79 bits per heavy atom. The van der Waals surface area contributed by atoms with Gasteiger partial charge in [-0.25, -0.2) is 4.79 Å². The van der Waals surface area contributed by atoms with Gasteiger partial charge >= 0.3 is 5.97 Å². The molecule has 74 valence electrons. The zero-order valence-corrected chi connectivity index (χ0v) is 8.30. The molecule has 1 amide bonds. The van der Waals surface area contributed by atoms with Crippen LogP contribution in [0.1, 0.15) is 14.5 Å². The van der Waals surface area contributed by atoms with Crippen molar-refractivity contribution >= 4 is 29.3 Å². The summed E-state index contributed by atoms with van der Waals surface area (Å²) in [7, 11) is 1.55. The molecule has 0 aliphatic heterocycles. The molecule has 4 nitrogen and oxygen atoms in total. The van der Waals surface area contributed by atoms with Gasteiger partial charge in [-0.15, -0.1) is 11.3 Å². The van der Waals surface area contributed by atoms with Crippen molar-refractivity contribution in [2.75, 3.05) is 7.05 Å². The Labute approximate surface area is 84.9 Å². The summed E-state index contributed by atoms with van der Waals surface area (Å²) in [6, 6.07) is 3.36. The second-order valence-corrected chi connectivity index (χ2v) is 3.57. The van der Waals surface area contributed by atoms with E-state index in [0.29, 0.717) is 4.88 Å². The quantitative estimate of drug-likeness (QED) is 0.738. The van der Waals surface area contributed by atoms with Crippen LogP contribution < -0.4 is 5.32 Å². The van der Waals surface area contributed by atoms with E-state index in [4.69, 9.17) is 5.11 Å². The lowest BCUT2D eigenvalue weighted by atomic mass is 10.4. The lowest BCUT2D eigenvalue weighted by molar-refractivity contribution is -0.131. The first-order valence-electron chi connectivity index (χ1n) is 3.86. The van der Waals surface area contributed by atoms with E-state index in [2.05, 4.69) is 5.32 Å². The number of nitrogens with one attached hydrogen (secondary N) is 1. The van der Waals surface area contributed by atoms with Gasteiger partial charge in [0.15, 0.2) is 0 Å². The molecule has 1 heterocycles. The van der Waals surface area contributed by atoms with Crippen LogP contribution in [-0.4, -0.2) is 24.0 Å². The summed E-state index contributed by atoms with van der Waals surface area (Å²) < 4.78 is 0. The van der Waals surface area contributed by atoms with Crippen LogP contribution in [-0.2, 0) is 4.79 Å². The molecular weight excluding hydrogens is 202 g/mol. The minimum Gasteiger partial charge on any atom is -0.478 e. The van der Waals surface area contributed by atoms with E-state index in [1.807, 2.05) is 0 Å². The summed E-state index contributed by atoms with van der Waals surface area (Å²) in [6.07, 6.45) is 2.50. The van der Waals surface area contributed by atoms with Crippen LogP contribution in [0.25, 0.3) is 6.08 Å². The van der Waals surface area contributed by atoms with Crippen molar-refractivity contribution in [3.63, 3.8) is 0 Å². The van der Waals surface area contributed by atoms with E-state index >= 15 is 0 Å². The number of carbonyl (C=O) groups excluding carboxylic acids is 1. The van der Waals surface area contributed by atoms with Gasteiger partial charge in [-0.3, -0.25) is 4.79 Å². The predicted octanol–water partition coefficient (Wildman–Crippen LogP) is 1.21. The normalized spacial score (nSPS) is 10.4. The van der Waals surface area contributed by atoms with Gasteiger partial charge in [-0.1, -0.05) is 0 Å². The molecule has 0 saturated heterocycles. The Bertz CT molecular complexity index is 381. The first-order chi connectivity index (χ1) is 6.63. The Morgan fingerprint density at radius 2 is 2.21 bits per heavy atom. The summed E-state index contributed by atoms with van der Waals surface area (Å²) in [5, 5.41) is 10.9. The summed E-state index contributed by atoms with van der Waals surface area (Å²) in [4.78, 5) is 22.6. The number of carbonyl (C=O) groups is 2. The first-order valence-corrected chi connectivity index (χ1v) is 4.68. The fourth-order valence-electron chi connectivity index (χ4n) is 0.841. The van der Waals surface area contributed by atoms with Gasteiger partial charge in [0.2, 0.25) is 0 Å². The molecule has 0 bridgehead atoms. The van der Waals surface area contributed by atoms with Gasteiger partial charge in [0.05, 0.1) is 4.88 Å². The standard InChI is InChI=1S/C9H9NO3S/c1-10-9(13)7-4-2-6(14-7)3-5-8(11)12/h2-5H,1H3,(H,10,13)(H,11,12)/b5-3+. The molecule has 0 spiro atoms. The van der Waals surface area contributed by atoms with Crippen LogP contribution in [0.15, 0.2) is 18.2 Å². The molecule has 0 saturated carbocycles. The van der Waals surface area contributed by atoms with Crippen LogP contribution in [0.3, 0.4) is 0 Å². The molecule has 0 aliphatic carbocycles. The molecule has 0 atom stereocenters. The zero-order chi connectivity index (χ0) is 10.6. The number of carboxylic acids is 1. The highest BCUT2D eigenvalue weighted by molar-refractivity contribution is 7.14. The molecule has 0 aliphatic rings. The number of thiophene rings is 1. The molecule has 0 aromatic carbocycles. The Morgan fingerprint density at radius 1 is 1.50 bits per heavy atom. The minimum atomic E-state index is -1.00. The van der Waals surface area contributed by atoms with Crippen molar-refractivity contribution in [3.05, 3.63) is 28.0 Å². The fourth-order valence-corrected chi connectivity index (χ4v) is 1.70. The fraction of sp³-hybridized carbons (Fsp3) is 0.111. The highest BCUT2D eigenvalue weighted by Crippen LogP contribution is 2.17. The van der Waals surface area contributed by atoms with E-state index in [1.165, 1.54) is 17.4 Å². The Balaban J connectivity index is 2.78. The van der Waals surface area contributed by atoms with E-state index < -0.39 is 5.97 Å². The highest BCUT2D eigenvalue weighted by Gasteiger charge is 2.05. The molecule has 0 radical (unpaired) electrons. The smallest absolute Gasteiger partial charge is 0.328 e. The predicted molar refractivity (Wildman–Crippen MR) is 54.4 cm³/mol. The number of hydrogen-bond acceptors (Lipinski definition) is 3. The molecular formula is C9H9NO3S. The maximum absolute atomic E-state index is 11.1. The SMILES string of the molecule is CNC(=O)c1ccc(/C=C/C(=O)O)s1. The third-order valence-electron chi connectivity index (χ3n) is 1.47. The molecule has 14 heavy (non-hydrogen) atoms. The van der Waals surface area contributed by atoms with Crippen molar-refractivity contribution in [2.45, 2.75) is 0 Å².